The molecule has 0 aliphatic rings. The molecule has 0 bridgehead atoms. The van der Waals surface area contributed by atoms with Crippen molar-refractivity contribution in [1.82, 2.24) is 10.3 Å². The van der Waals surface area contributed by atoms with E-state index in [2.05, 4.69) is 16.9 Å². The van der Waals surface area contributed by atoms with Crippen LogP contribution >= 0.6 is 0 Å². The summed E-state index contributed by atoms with van der Waals surface area (Å²) in [6.45, 7) is 7.57. The Morgan fingerprint density at radius 3 is 2.77 bits per heavy atom. The molecule has 0 aliphatic carbocycles. The topological polar surface area (TPSA) is 82.2 Å². The van der Waals surface area contributed by atoms with E-state index in [1.807, 2.05) is 26.0 Å². The molecule has 1 unspecified atom stereocenters. The Kier molecular flexibility index (Phi) is 4.65. The molecular formula is C17H20N2O3. The van der Waals surface area contributed by atoms with Crippen LogP contribution in [0.1, 0.15) is 34.5 Å². The first kappa shape index (κ1) is 15.8. The zero-order chi connectivity index (χ0) is 16.3. The van der Waals surface area contributed by atoms with Crippen LogP contribution in [0.2, 0.25) is 0 Å². The van der Waals surface area contributed by atoms with Crippen LogP contribution in [0, 0.1) is 13.8 Å². The standard InChI is InChI=1S/C17H20N2O3/c1-4-5-6-14(17(21)22)19-16(20)15-9-12-11(3)10(2)7-8-13(12)18-15/h4,7-9,14,18H,1,5-6H2,2-3H3,(H,19,20)(H,21,22). The molecule has 2 rings (SSSR count). The first-order valence-corrected chi connectivity index (χ1v) is 7.17. The first-order valence-electron chi connectivity index (χ1n) is 7.17. The van der Waals surface area contributed by atoms with Gasteiger partial charge in [0.25, 0.3) is 5.91 Å². The molecule has 2 aromatic rings. The number of aryl methyl sites for hydroxylation is 2. The van der Waals surface area contributed by atoms with Gasteiger partial charge >= 0.3 is 5.97 Å². The number of fused-ring (bicyclic) bond motifs is 1. The zero-order valence-electron chi connectivity index (χ0n) is 12.8. The average molecular weight is 300 g/mol. The van der Waals surface area contributed by atoms with Gasteiger partial charge < -0.3 is 15.4 Å². The van der Waals surface area contributed by atoms with Crippen LogP contribution in [0.15, 0.2) is 30.9 Å². The summed E-state index contributed by atoms with van der Waals surface area (Å²) in [7, 11) is 0. The van der Waals surface area contributed by atoms with Gasteiger partial charge in [0.1, 0.15) is 11.7 Å². The molecule has 5 heteroatoms. The highest BCUT2D eigenvalue weighted by molar-refractivity contribution is 6.00. The van der Waals surface area contributed by atoms with Crippen molar-refractivity contribution in [3.8, 4) is 0 Å². The molecule has 1 atom stereocenters. The molecule has 22 heavy (non-hydrogen) atoms. The fourth-order valence-electron chi connectivity index (χ4n) is 2.36. The third-order valence-electron chi connectivity index (χ3n) is 3.85. The number of aliphatic carboxylic acids is 1. The Bertz CT molecular complexity index is 731. The molecule has 1 amide bonds. The third kappa shape index (κ3) is 3.19. The molecule has 5 nitrogen and oxygen atoms in total. The van der Waals surface area contributed by atoms with Gasteiger partial charge in [-0.2, -0.15) is 0 Å². The molecule has 0 fully saturated rings. The number of benzene rings is 1. The number of carbonyl (C=O) groups excluding carboxylic acids is 1. The summed E-state index contributed by atoms with van der Waals surface area (Å²) in [4.78, 5) is 26.5. The number of amides is 1. The second-order valence-electron chi connectivity index (χ2n) is 5.38. The van der Waals surface area contributed by atoms with Crippen LogP contribution in [0.5, 0.6) is 0 Å². The number of hydrogen-bond donors (Lipinski definition) is 3. The number of allylic oxidation sites excluding steroid dienone is 1. The van der Waals surface area contributed by atoms with Gasteiger partial charge in [0.05, 0.1) is 0 Å². The predicted molar refractivity (Wildman–Crippen MR) is 86.1 cm³/mol. The molecule has 1 aromatic heterocycles. The van der Waals surface area contributed by atoms with Crippen molar-refractivity contribution in [3.05, 3.63) is 47.7 Å². The van der Waals surface area contributed by atoms with Gasteiger partial charge in [-0.25, -0.2) is 4.79 Å². The highest BCUT2D eigenvalue weighted by Crippen LogP contribution is 2.22. The number of carboxylic acids is 1. The predicted octanol–water partition coefficient (Wildman–Crippen LogP) is 2.93. The van der Waals surface area contributed by atoms with Crippen LogP contribution in [-0.2, 0) is 4.79 Å². The van der Waals surface area contributed by atoms with E-state index in [-0.39, 0.29) is 0 Å². The van der Waals surface area contributed by atoms with Crippen LogP contribution in [-0.4, -0.2) is 28.0 Å². The minimum Gasteiger partial charge on any atom is -0.480 e. The van der Waals surface area contributed by atoms with E-state index in [0.717, 1.165) is 22.0 Å². The molecule has 0 radical (unpaired) electrons. The van der Waals surface area contributed by atoms with Gasteiger partial charge in [-0.3, -0.25) is 4.79 Å². The van der Waals surface area contributed by atoms with E-state index in [4.69, 9.17) is 5.11 Å². The number of H-pyrrole nitrogens is 1. The van der Waals surface area contributed by atoms with Gasteiger partial charge in [0, 0.05) is 10.9 Å². The number of nitrogens with one attached hydrogen (secondary N) is 2. The van der Waals surface area contributed by atoms with Crippen LogP contribution < -0.4 is 5.32 Å². The summed E-state index contributed by atoms with van der Waals surface area (Å²) in [6, 6.07) is 4.75. The van der Waals surface area contributed by atoms with Crippen molar-refractivity contribution in [2.45, 2.75) is 32.7 Å². The highest BCUT2D eigenvalue weighted by atomic mass is 16.4. The zero-order valence-corrected chi connectivity index (χ0v) is 12.8. The number of aromatic amines is 1. The molecule has 0 aliphatic heterocycles. The Labute approximate surface area is 129 Å². The van der Waals surface area contributed by atoms with E-state index in [1.54, 1.807) is 12.1 Å². The van der Waals surface area contributed by atoms with Crippen molar-refractivity contribution in [1.29, 1.82) is 0 Å². The van der Waals surface area contributed by atoms with E-state index in [0.29, 0.717) is 18.5 Å². The fraction of sp³-hybridized carbons (Fsp3) is 0.294. The number of carbonyl (C=O) groups is 2. The lowest BCUT2D eigenvalue weighted by Crippen LogP contribution is -2.40. The normalized spacial score (nSPS) is 12.1. The number of rotatable bonds is 6. The maximum Gasteiger partial charge on any atom is 0.326 e. The van der Waals surface area contributed by atoms with Gasteiger partial charge in [-0.1, -0.05) is 12.1 Å². The largest absolute Gasteiger partial charge is 0.480 e. The molecule has 0 spiro atoms. The van der Waals surface area contributed by atoms with Crippen LogP contribution in [0.3, 0.4) is 0 Å². The summed E-state index contributed by atoms with van der Waals surface area (Å²) in [5.41, 5.74) is 3.49. The van der Waals surface area contributed by atoms with Crippen molar-refractivity contribution < 1.29 is 14.7 Å². The van der Waals surface area contributed by atoms with E-state index >= 15 is 0 Å². The highest BCUT2D eigenvalue weighted by Gasteiger charge is 2.21. The lowest BCUT2D eigenvalue weighted by Gasteiger charge is -2.12. The summed E-state index contributed by atoms with van der Waals surface area (Å²) >= 11 is 0. The van der Waals surface area contributed by atoms with E-state index in [1.165, 1.54) is 0 Å². The SMILES string of the molecule is C=CCCC(NC(=O)c1cc2c(C)c(C)ccc2[nH]1)C(=O)O. The Balaban J connectivity index is 2.23. The molecule has 116 valence electrons. The fourth-order valence-corrected chi connectivity index (χ4v) is 2.36. The van der Waals surface area contributed by atoms with E-state index in [9.17, 15) is 9.59 Å². The molecule has 1 aromatic carbocycles. The molecule has 0 saturated carbocycles. The minimum absolute atomic E-state index is 0.322. The summed E-state index contributed by atoms with van der Waals surface area (Å²) in [5, 5.41) is 12.7. The van der Waals surface area contributed by atoms with E-state index < -0.39 is 17.9 Å². The van der Waals surface area contributed by atoms with Gasteiger partial charge in [0.2, 0.25) is 0 Å². The molecular weight excluding hydrogens is 280 g/mol. The average Bonchev–Trinajstić information content (AvgIpc) is 2.92. The Morgan fingerprint density at radius 1 is 1.41 bits per heavy atom. The minimum atomic E-state index is -1.04. The number of hydrogen-bond acceptors (Lipinski definition) is 2. The summed E-state index contributed by atoms with van der Waals surface area (Å²) in [5.74, 6) is -1.46. The van der Waals surface area contributed by atoms with Crippen molar-refractivity contribution in [3.63, 3.8) is 0 Å². The maximum absolute atomic E-state index is 12.3. The number of carboxylic acid groups (broad SMARTS) is 1. The summed E-state index contributed by atoms with van der Waals surface area (Å²) < 4.78 is 0. The van der Waals surface area contributed by atoms with Gasteiger partial charge in [-0.05, 0) is 49.9 Å². The Hall–Kier alpha value is -2.56. The van der Waals surface area contributed by atoms with Crippen molar-refractivity contribution in [2.24, 2.45) is 0 Å². The molecule has 1 heterocycles. The smallest absolute Gasteiger partial charge is 0.326 e. The Morgan fingerprint density at radius 2 is 2.14 bits per heavy atom. The third-order valence-corrected chi connectivity index (χ3v) is 3.85. The monoisotopic (exact) mass is 300 g/mol. The first-order chi connectivity index (χ1) is 10.4. The lowest BCUT2D eigenvalue weighted by atomic mass is 10.1. The molecule has 0 saturated heterocycles. The second-order valence-corrected chi connectivity index (χ2v) is 5.38. The quantitative estimate of drug-likeness (QED) is 0.717. The van der Waals surface area contributed by atoms with Crippen molar-refractivity contribution in [2.75, 3.05) is 0 Å². The lowest BCUT2D eigenvalue weighted by molar-refractivity contribution is -0.139. The summed E-state index contributed by atoms with van der Waals surface area (Å²) in [6.07, 6.45) is 2.49. The van der Waals surface area contributed by atoms with Crippen molar-refractivity contribution >= 4 is 22.8 Å². The number of aromatic nitrogens is 1. The molecule has 3 N–H and O–H groups in total. The second kappa shape index (κ2) is 6.47. The van der Waals surface area contributed by atoms with Gasteiger partial charge in [-0.15, -0.1) is 6.58 Å². The maximum atomic E-state index is 12.3. The van der Waals surface area contributed by atoms with Crippen LogP contribution in [0.25, 0.3) is 10.9 Å². The van der Waals surface area contributed by atoms with Gasteiger partial charge in [0.15, 0.2) is 0 Å². The van der Waals surface area contributed by atoms with Crippen LogP contribution in [0.4, 0.5) is 0 Å².